The van der Waals surface area contributed by atoms with Crippen LogP contribution in [0, 0.1) is 11.2 Å². The lowest BCUT2D eigenvalue weighted by atomic mass is 9.94. The third-order valence-electron chi connectivity index (χ3n) is 4.28. The second kappa shape index (κ2) is 6.38. The van der Waals surface area contributed by atoms with Gasteiger partial charge in [-0.1, -0.05) is 32.9 Å². The molecule has 1 aliphatic rings. The molecule has 1 aromatic carbocycles. The van der Waals surface area contributed by atoms with Crippen LogP contribution < -0.4 is 0 Å². The van der Waals surface area contributed by atoms with Gasteiger partial charge in [0.05, 0.1) is 6.20 Å². The lowest BCUT2D eigenvalue weighted by Gasteiger charge is -2.29. The smallest absolute Gasteiger partial charge is 0.228 e. The summed E-state index contributed by atoms with van der Waals surface area (Å²) in [5, 5.41) is 0. The molecule has 0 aliphatic carbocycles. The number of hydrogen-bond acceptors (Lipinski definition) is 3. The van der Waals surface area contributed by atoms with E-state index in [0.717, 1.165) is 24.9 Å². The van der Waals surface area contributed by atoms with Crippen molar-refractivity contribution in [2.24, 2.45) is 5.41 Å². The first kappa shape index (κ1) is 16.7. The first-order valence-corrected chi connectivity index (χ1v) is 8.35. The number of benzene rings is 1. The Kier molecular flexibility index (Phi) is 4.43. The fourth-order valence-corrected chi connectivity index (χ4v) is 3.10. The molecule has 1 aliphatic heterocycles. The zero-order chi connectivity index (χ0) is 17.3. The van der Waals surface area contributed by atoms with Gasteiger partial charge in [-0.2, -0.15) is 0 Å². The molecule has 1 fully saturated rings. The van der Waals surface area contributed by atoms with Crippen molar-refractivity contribution in [2.45, 2.75) is 46.1 Å². The minimum Gasteiger partial charge on any atom is -0.443 e. The quantitative estimate of drug-likeness (QED) is 0.850. The molecular weight excluding hydrogens is 307 g/mol. The van der Waals surface area contributed by atoms with E-state index in [0.29, 0.717) is 18.1 Å². The normalized spacial score (nSPS) is 18.2. The van der Waals surface area contributed by atoms with Crippen LogP contribution >= 0.6 is 0 Å². The number of aromatic nitrogens is 1. The molecule has 128 valence electrons. The van der Waals surface area contributed by atoms with Gasteiger partial charge in [0.15, 0.2) is 0 Å². The van der Waals surface area contributed by atoms with Gasteiger partial charge in [-0.05, 0) is 30.5 Å². The fourth-order valence-electron chi connectivity index (χ4n) is 3.10. The molecule has 1 atom stereocenters. The van der Waals surface area contributed by atoms with Gasteiger partial charge in [0, 0.05) is 18.4 Å². The van der Waals surface area contributed by atoms with Crippen LogP contribution in [0.5, 0.6) is 0 Å². The van der Waals surface area contributed by atoms with E-state index in [9.17, 15) is 9.18 Å². The largest absolute Gasteiger partial charge is 0.443 e. The summed E-state index contributed by atoms with van der Waals surface area (Å²) in [6.07, 6.45) is 3.98. The monoisotopic (exact) mass is 330 g/mol. The second-order valence-electron chi connectivity index (χ2n) is 7.38. The lowest BCUT2D eigenvalue weighted by Crippen LogP contribution is -2.39. The molecule has 3 rings (SSSR count). The van der Waals surface area contributed by atoms with E-state index in [1.165, 1.54) is 12.1 Å². The Bertz CT molecular complexity index is 733. The summed E-state index contributed by atoms with van der Waals surface area (Å²) in [4.78, 5) is 18.9. The topological polar surface area (TPSA) is 46.3 Å². The summed E-state index contributed by atoms with van der Waals surface area (Å²) in [7, 11) is 0. The minimum absolute atomic E-state index is 0.0991. The van der Waals surface area contributed by atoms with E-state index in [2.05, 4.69) is 4.98 Å². The number of nitrogens with zero attached hydrogens (tertiary/aromatic N) is 2. The molecular formula is C19H23FN2O2. The molecule has 4 nitrogen and oxygen atoms in total. The Labute approximate surface area is 141 Å². The van der Waals surface area contributed by atoms with Crippen molar-refractivity contribution in [3.63, 3.8) is 0 Å². The molecule has 0 bridgehead atoms. The molecule has 1 saturated heterocycles. The number of carbonyl (C=O) groups excluding carboxylic acids is 1. The number of likely N-dealkylation sites (tertiary alicyclic amines) is 1. The predicted octanol–water partition coefficient (Wildman–Crippen LogP) is 4.11. The second-order valence-corrected chi connectivity index (χ2v) is 7.38. The number of halogens is 1. The maximum atomic E-state index is 13.3. The van der Waals surface area contributed by atoms with E-state index in [-0.39, 0.29) is 17.8 Å². The van der Waals surface area contributed by atoms with Crippen LogP contribution in [0.2, 0.25) is 0 Å². The van der Waals surface area contributed by atoms with E-state index in [4.69, 9.17) is 4.42 Å². The van der Waals surface area contributed by atoms with E-state index in [1.54, 1.807) is 12.3 Å². The Hall–Kier alpha value is -2.17. The van der Waals surface area contributed by atoms with Gasteiger partial charge < -0.3 is 9.32 Å². The third-order valence-corrected chi connectivity index (χ3v) is 4.28. The Morgan fingerprint density at radius 2 is 2.21 bits per heavy atom. The molecule has 0 radical (unpaired) electrons. The van der Waals surface area contributed by atoms with E-state index >= 15 is 0 Å². The Morgan fingerprint density at radius 3 is 2.92 bits per heavy atom. The van der Waals surface area contributed by atoms with Crippen LogP contribution in [0.4, 0.5) is 4.39 Å². The number of rotatable bonds is 3. The molecule has 2 heterocycles. The number of oxazole rings is 1. The Balaban J connectivity index is 1.76. The average molecular weight is 330 g/mol. The average Bonchev–Trinajstić information content (AvgIpc) is 3.14. The maximum absolute atomic E-state index is 13.3. The molecule has 1 unspecified atom stereocenters. The first-order valence-electron chi connectivity index (χ1n) is 8.35. The van der Waals surface area contributed by atoms with Crippen molar-refractivity contribution in [3.8, 4) is 0 Å². The molecule has 0 N–H and O–H groups in total. The van der Waals surface area contributed by atoms with Crippen LogP contribution in [-0.2, 0) is 11.2 Å². The predicted molar refractivity (Wildman–Crippen MR) is 88.9 cm³/mol. The summed E-state index contributed by atoms with van der Waals surface area (Å²) < 4.78 is 19.2. The van der Waals surface area contributed by atoms with E-state index in [1.807, 2.05) is 31.7 Å². The van der Waals surface area contributed by atoms with Gasteiger partial charge in [-0.15, -0.1) is 0 Å². The molecule has 2 aromatic rings. The van der Waals surface area contributed by atoms with Crippen LogP contribution in [0.25, 0.3) is 0 Å². The summed E-state index contributed by atoms with van der Waals surface area (Å²) in [6, 6.07) is 6.36. The molecule has 1 aromatic heterocycles. The highest BCUT2D eigenvalue weighted by Gasteiger charge is 2.37. The molecule has 5 heteroatoms. The lowest BCUT2D eigenvalue weighted by molar-refractivity contribution is -0.140. The van der Waals surface area contributed by atoms with Crippen LogP contribution in [0.15, 0.2) is 34.9 Å². The van der Waals surface area contributed by atoms with Crippen molar-refractivity contribution < 1.29 is 13.6 Å². The van der Waals surface area contributed by atoms with Gasteiger partial charge >= 0.3 is 0 Å². The molecule has 0 spiro atoms. The maximum Gasteiger partial charge on any atom is 0.228 e. The standard InChI is InChI=1S/C19H23FN2O2/c1-19(2,3)18(23)22-9-5-8-16(22)17-21-12-15(24-17)11-13-6-4-7-14(20)10-13/h4,6-7,10,12,16H,5,8-9,11H2,1-3H3. The zero-order valence-electron chi connectivity index (χ0n) is 14.4. The fraction of sp³-hybridized carbons (Fsp3) is 0.474. The highest BCUT2D eigenvalue weighted by Crippen LogP contribution is 2.35. The minimum atomic E-state index is -0.417. The zero-order valence-corrected chi connectivity index (χ0v) is 14.4. The van der Waals surface area contributed by atoms with Gasteiger partial charge in [0.25, 0.3) is 0 Å². The highest BCUT2D eigenvalue weighted by atomic mass is 19.1. The number of amides is 1. The number of carbonyl (C=O) groups is 1. The van der Waals surface area contributed by atoms with Crippen LogP contribution in [0.3, 0.4) is 0 Å². The van der Waals surface area contributed by atoms with Crippen molar-refractivity contribution in [2.75, 3.05) is 6.54 Å². The Morgan fingerprint density at radius 1 is 1.42 bits per heavy atom. The van der Waals surface area contributed by atoms with Crippen LogP contribution in [0.1, 0.15) is 56.9 Å². The summed E-state index contributed by atoms with van der Waals surface area (Å²) in [6.45, 7) is 6.52. The van der Waals surface area contributed by atoms with E-state index < -0.39 is 5.41 Å². The first-order chi connectivity index (χ1) is 11.3. The van der Waals surface area contributed by atoms with Gasteiger partial charge in [-0.25, -0.2) is 9.37 Å². The summed E-state index contributed by atoms with van der Waals surface area (Å²) in [5.41, 5.74) is 0.422. The third kappa shape index (κ3) is 3.50. The molecule has 0 saturated carbocycles. The number of hydrogen-bond donors (Lipinski definition) is 0. The SMILES string of the molecule is CC(C)(C)C(=O)N1CCCC1c1ncc(Cc2cccc(F)c2)o1. The van der Waals surface area contributed by atoms with Gasteiger partial charge in [-0.3, -0.25) is 4.79 Å². The summed E-state index contributed by atoms with van der Waals surface area (Å²) >= 11 is 0. The summed E-state index contributed by atoms with van der Waals surface area (Å²) in [5.74, 6) is 1.13. The van der Waals surface area contributed by atoms with Crippen molar-refractivity contribution in [3.05, 3.63) is 53.5 Å². The van der Waals surface area contributed by atoms with Crippen molar-refractivity contribution >= 4 is 5.91 Å². The van der Waals surface area contributed by atoms with Gasteiger partial charge in [0.2, 0.25) is 11.8 Å². The van der Waals surface area contributed by atoms with Crippen LogP contribution in [-0.4, -0.2) is 22.3 Å². The molecule has 1 amide bonds. The highest BCUT2D eigenvalue weighted by molar-refractivity contribution is 5.82. The molecule has 24 heavy (non-hydrogen) atoms. The van der Waals surface area contributed by atoms with Crippen molar-refractivity contribution in [1.29, 1.82) is 0 Å². The van der Waals surface area contributed by atoms with Gasteiger partial charge in [0.1, 0.15) is 17.6 Å². The van der Waals surface area contributed by atoms with Crippen molar-refractivity contribution in [1.82, 2.24) is 9.88 Å².